The van der Waals surface area contributed by atoms with Crippen molar-refractivity contribution in [3.63, 3.8) is 0 Å². The minimum Gasteiger partial charge on any atom is -0.494 e. The van der Waals surface area contributed by atoms with Gasteiger partial charge in [0, 0.05) is 6.54 Å². The maximum Gasteiger partial charge on any atom is 0.261 e. The van der Waals surface area contributed by atoms with Crippen LogP contribution >= 0.6 is 11.3 Å². The second kappa shape index (κ2) is 9.79. The maximum absolute atomic E-state index is 12.3. The number of benzene rings is 2. The topological polar surface area (TPSA) is 56.1 Å². The molecule has 31 heavy (non-hydrogen) atoms. The van der Waals surface area contributed by atoms with Gasteiger partial charge >= 0.3 is 0 Å². The summed E-state index contributed by atoms with van der Waals surface area (Å²) in [6.45, 7) is 6.09. The summed E-state index contributed by atoms with van der Waals surface area (Å²) in [7, 11) is 0. The quantitative estimate of drug-likeness (QED) is 0.354. The van der Waals surface area contributed by atoms with Crippen LogP contribution in [0.1, 0.15) is 39.5 Å². The van der Waals surface area contributed by atoms with Crippen molar-refractivity contribution in [2.24, 2.45) is 0 Å². The van der Waals surface area contributed by atoms with Crippen LogP contribution in [0.4, 0.5) is 0 Å². The minimum atomic E-state index is -0.0598. The van der Waals surface area contributed by atoms with E-state index in [9.17, 15) is 4.79 Å². The van der Waals surface area contributed by atoms with E-state index in [1.54, 1.807) is 0 Å². The van der Waals surface area contributed by atoms with Gasteiger partial charge in [-0.05, 0) is 73.5 Å². The Labute approximate surface area is 186 Å². The van der Waals surface area contributed by atoms with Crippen molar-refractivity contribution >= 4 is 28.3 Å². The van der Waals surface area contributed by atoms with Gasteiger partial charge in [-0.3, -0.25) is 4.79 Å². The Kier molecular flexibility index (Phi) is 6.67. The molecule has 0 radical (unpaired) electrons. The number of amides is 1. The van der Waals surface area contributed by atoms with E-state index in [1.165, 1.54) is 22.5 Å². The van der Waals surface area contributed by atoms with Crippen molar-refractivity contribution in [2.75, 3.05) is 6.61 Å². The van der Waals surface area contributed by atoms with Crippen LogP contribution in [0.3, 0.4) is 0 Å². The van der Waals surface area contributed by atoms with E-state index in [2.05, 4.69) is 48.0 Å². The number of rotatable bonds is 9. The van der Waals surface area contributed by atoms with Gasteiger partial charge in [-0.1, -0.05) is 24.3 Å². The van der Waals surface area contributed by atoms with Crippen molar-refractivity contribution in [3.05, 3.63) is 81.8 Å². The minimum absolute atomic E-state index is 0.0598. The Morgan fingerprint density at radius 1 is 1.06 bits per heavy atom. The zero-order valence-electron chi connectivity index (χ0n) is 17.9. The number of aromatic nitrogens is 2. The molecule has 0 fully saturated rings. The first kappa shape index (κ1) is 21.1. The second-order valence-corrected chi connectivity index (χ2v) is 8.66. The van der Waals surface area contributed by atoms with Crippen molar-refractivity contribution < 1.29 is 9.53 Å². The van der Waals surface area contributed by atoms with E-state index in [-0.39, 0.29) is 5.91 Å². The van der Waals surface area contributed by atoms with Gasteiger partial charge in [0.25, 0.3) is 5.91 Å². The lowest BCUT2D eigenvalue weighted by Gasteiger charge is -2.11. The number of imidazole rings is 1. The summed E-state index contributed by atoms with van der Waals surface area (Å²) < 4.78 is 8.15. The summed E-state index contributed by atoms with van der Waals surface area (Å²) in [5.41, 5.74) is 4.48. The summed E-state index contributed by atoms with van der Waals surface area (Å²) >= 11 is 1.44. The van der Waals surface area contributed by atoms with E-state index in [0.29, 0.717) is 18.0 Å². The van der Waals surface area contributed by atoms with Gasteiger partial charge in [0.1, 0.15) is 11.6 Å². The predicted octanol–water partition coefficient (Wildman–Crippen LogP) is 5.50. The number of hydrogen-bond acceptors (Lipinski definition) is 4. The molecule has 0 aliphatic carbocycles. The van der Waals surface area contributed by atoms with Crippen LogP contribution in [-0.4, -0.2) is 22.1 Å². The molecule has 160 valence electrons. The van der Waals surface area contributed by atoms with Gasteiger partial charge in [-0.15, -0.1) is 11.3 Å². The molecule has 0 saturated heterocycles. The van der Waals surface area contributed by atoms with Gasteiger partial charge in [0.15, 0.2) is 0 Å². The number of hydrogen-bond donors (Lipinski definition) is 1. The summed E-state index contributed by atoms with van der Waals surface area (Å²) in [5, 5.41) is 4.91. The largest absolute Gasteiger partial charge is 0.494 e. The number of carbonyl (C=O) groups excluding carboxylic acids is 1. The van der Waals surface area contributed by atoms with Crippen molar-refractivity contribution in [3.8, 4) is 5.75 Å². The summed E-state index contributed by atoms with van der Waals surface area (Å²) in [4.78, 5) is 17.8. The van der Waals surface area contributed by atoms with Gasteiger partial charge in [-0.2, -0.15) is 0 Å². The van der Waals surface area contributed by atoms with Crippen LogP contribution in [-0.2, 0) is 13.1 Å². The SMILES string of the molecule is Cc1cc(C)cc(OCCCCn2c(CNC(=O)c3cccs3)nc3ccccc32)c1. The highest BCUT2D eigenvalue weighted by Gasteiger charge is 2.12. The number of ether oxygens (including phenoxy) is 1. The van der Waals surface area contributed by atoms with E-state index >= 15 is 0 Å². The average molecular weight is 434 g/mol. The van der Waals surface area contributed by atoms with Crippen molar-refractivity contribution in [1.82, 2.24) is 14.9 Å². The van der Waals surface area contributed by atoms with E-state index in [1.807, 2.05) is 35.7 Å². The third-order valence-corrected chi connectivity index (χ3v) is 5.99. The molecule has 4 rings (SSSR count). The zero-order valence-corrected chi connectivity index (χ0v) is 18.7. The lowest BCUT2D eigenvalue weighted by molar-refractivity contribution is 0.0953. The third kappa shape index (κ3) is 5.33. The second-order valence-electron chi connectivity index (χ2n) is 7.71. The molecule has 2 aromatic heterocycles. The molecule has 0 unspecified atom stereocenters. The number of carbonyl (C=O) groups is 1. The Morgan fingerprint density at radius 2 is 1.87 bits per heavy atom. The van der Waals surface area contributed by atoms with Crippen LogP contribution in [0, 0.1) is 13.8 Å². The molecule has 1 amide bonds. The van der Waals surface area contributed by atoms with Gasteiger partial charge in [0.2, 0.25) is 0 Å². The first-order valence-electron chi connectivity index (χ1n) is 10.6. The molecule has 5 nitrogen and oxygen atoms in total. The van der Waals surface area contributed by atoms with E-state index < -0.39 is 0 Å². The summed E-state index contributed by atoms with van der Waals surface area (Å²) in [5.74, 6) is 1.75. The average Bonchev–Trinajstić information content (AvgIpc) is 3.39. The van der Waals surface area contributed by atoms with Crippen molar-refractivity contribution in [1.29, 1.82) is 0 Å². The zero-order chi connectivity index (χ0) is 21.6. The fraction of sp³-hybridized carbons (Fsp3) is 0.280. The molecule has 2 aromatic carbocycles. The molecule has 0 aliphatic heterocycles. The van der Waals surface area contributed by atoms with E-state index in [4.69, 9.17) is 9.72 Å². The highest BCUT2D eigenvalue weighted by atomic mass is 32.1. The maximum atomic E-state index is 12.3. The molecule has 0 saturated carbocycles. The number of aryl methyl sites for hydroxylation is 3. The molecular formula is C25H27N3O2S. The fourth-order valence-electron chi connectivity index (χ4n) is 3.74. The number of nitrogens with zero attached hydrogens (tertiary/aromatic N) is 2. The Bertz CT molecular complexity index is 1140. The summed E-state index contributed by atoms with van der Waals surface area (Å²) in [6, 6.07) is 18.1. The molecule has 1 N–H and O–H groups in total. The van der Waals surface area contributed by atoms with Crippen LogP contribution in [0.5, 0.6) is 5.75 Å². The predicted molar refractivity (Wildman–Crippen MR) is 126 cm³/mol. The lowest BCUT2D eigenvalue weighted by Crippen LogP contribution is -2.24. The number of thiophene rings is 1. The Morgan fingerprint density at radius 3 is 2.65 bits per heavy atom. The number of unbranched alkanes of at least 4 members (excludes halogenated alkanes) is 1. The van der Waals surface area contributed by atoms with Gasteiger partial charge < -0.3 is 14.6 Å². The summed E-state index contributed by atoms with van der Waals surface area (Å²) in [6.07, 6.45) is 1.91. The highest BCUT2D eigenvalue weighted by Crippen LogP contribution is 2.19. The van der Waals surface area contributed by atoms with Gasteiger partial charge in [0.05, 0.1) is 29.1 Å². The molecule has 0 aliphatic rings. The van der Waals surface area contributed by atoms with Crippen molar-refractivity contribution in [2.45, 2.75) is 39.8 Å². The van der Waals surface area contributed by atoms with E-state index in [0.717, 1.165) is 42.0 Å². The standard InChI is InChI=1S/C25H27N3O2S/c1-18-14-19(2)16-20(15-18)30-12-6-5-11-28-22-9-4-3-8-21(22)27-24(28)17-26-25(29)23-10-7-13-31-23/h3-4,7-10,13-16H,5-6,11-12,17H2,1-2H3,(H,26,29). The number of fused-ring (bicyclic) bond motifs is 1. The molecule has 0 spiro atoms. The highest BCUT2D eigenvalue weighted by molar-refractivity contribution is 7.12. The lowest BCUT2D eigenvalue weighted by atomic mass is 10.1. The number of nitrogens with one attached hydrogen (secondary N) is 1. The number of para-hydroxylation sites is 2. The molecular weight excluding hydrogens is 406 g/mol. The molecule has 2 heterocycles. The molecule has 6 heteroatoms. The Hall–Kier alpha value is -3.12. The molecule has 0 atom stereocenters. The first-order chi connectivity index (χ1) is 15.1. The van der Waals surface area contributed by atoms with Crippen LogP contribution in [0.25, 0.3) is 11.0 Å². The first-order valence-corrected chi connectivity index (χ1v) is 11.4. The fourth-order valence-corrected chi connectivity index (χ4v) is 4.38. The monoisotopic (exact) mass is 433 g/mol. The van der Waals surface area contributed by atoms with Gasteiger partial charge in [-0.25, -0.2) is 4.98 Å². The van der Waals surface area contributed by atoms with Crippen LogP contribution < -0.4 is 10.1 Å². The third-order valence-electron chi connectivity index (χ3n) is 5.13. The van der Waals surface area contributed by atoms with Crippen LogP contribution in [0.15, 0.2) is 60.0 Å². The molecule has 0 bridgehead atoms. The normalized spacial score (nSPS) is 11.0. The molecule has 4 aromatic rings. The smallest absolute Gasteiger partial charge is 0.261 e. The van der Waals surface area contributed by atoms with Crippen LogP contribution in [0.2, 0.25) is 0 Å². The Balaban J connectivity index is 1.37.